The van der Waals surface area contributed by atoms with Crippen molar-refractivity contribution in [2.75, 3.05) is 6.61 Å². The molecular weight excluding hydrogens is 276 g/mol. The van der Waals surface area contributed by atoms with Gasteiger partial charge >= 0.3 is 0 Å². The predicted molar refractivity (Wildman–Crippen MR) is 84.2 cm³/mol. The molecule has 0 fully saturated rings. The van der Waals surface area contributed by atoms with Crippen molar-refractivity contribution in [3.63, 3.8) is 0 Å². The van der Waals surface area contributed by atoms with Crippen LogP contribution in [0.4, 0.5) is 0 Å². The van der Waals surface area contributed by atoms with Crippen LogP contribution in [-0.4, -0.2) is 12.5 Å². The lowest BCUT2D eigenvalue weighted by atomic mass is 10.1. The number of nitrogens with zero attached hydrogens (tertiary/aromatic N) is 1. The molecule has 0 atom stereocenters. The van der Waals surface area contributed by atoms with Gasteiger partial charge in [-0.05, 0) is 36.2 Å². The maximum atomic E-state index is 11.7. The number of benzene rings is 2. The first-order chi connectivity index (χ1) is 10.8. The Labute approximate surface area is 130 Å². The molecule has 0 aliphatic carbocycles. The number of nitrogens with one attached hydrogen (secondary N) is 1. The van der Waals surface area contributed by atoms with E-state index in [-0.39, 0.29) is 5.91 Å². The molecular formula is C18H18N2O2. The van der Waals surface area contributed by atoms with Crippen molar-refractivity contribution in [3.8, 4) is 11.8 Å². The van der Waals surface area contributed by atoms with Gasteiger partial charge in [-0.2, -0.15) is 5.26 Å². The van der Waals surface area contributed by atoms with Crippen molar-refractivity contribution in [2.45, 2.75) is 19.4 Å². The Morgan fingerprint density at radius 3 is 2.50 bits per heavy atom. The highest BCUT2D eigenvalue weighted by Gasteiger charge is 2.02. The van der Waals surface area contributed by atoms with Gasteiger partial charge in [-0.25, -0.2) is 0 Å². The summed E-state index contributed by atoms with van der Waals surface area (Å²) in [6.45, 7) is 0.998. The third-order valence-electron chi connectivity index (χ3n) is 3.13. The van der Waals surface area contributed by atoms with Gasteiger partial charge < -0.3 is 10.1 Å². The highest BCUT2D eigenvalue weighted by Crippen LogP contribution is 2.09. The van der Waals surface area contributed by atoms with E-state index in [0.29, 0.717) is 31.6 Å². The van der Waals surface area contributed by atoms with E-state index >= 15 is 0 Å². The third-order valence-corrected chi connectivity index (χ3v) is 3.13. The fourth-order valence-electron chi connectivity index (χ4n) is 1.93. The molecule has 2 rings (SSSR count). The van der Waals surface area contributed by atoms with Crippen molar-refractivity contribution in [1.82, 2.24) is 5.32 Å². The molecule has 0 bridgehead atoms. The van der Waals surface area contributed by atoms with Crippen LogP contribution in [0.25, 0.3) is 0 Å². The van der Waals surface area contributed by atoms with E-state index < -0.39 is 0 Å². The topological polar surface area (TPSA) is 62.1 Å². The second kappa shape index (κ2) is 8.48. The number of amides is 1. The monoisotopic (exact) mass is 294 g/mol. The molecule has 0 saturated carbocycles. The minimum atomic E-state index is 0.000946. The summed E-state index contributed by atoms with van der Waals surface area (Å²) in [5, 5.41) is 11.6. The normalized spacial score (nSPS) is 9.77. The number of hydrogen-bond donors (Lipinski definition) is 1. The smallest absolute Gasteiger partial charge is 0.220 e. The zero-order valence-corrected chi connectivity index (χ0v) is 12.3. The Hall–Kier alpha value is -2.80. The Balaban J connectivity index is 1.62. The first-order valence-corrected chi connectivity index (χ1v) is 7.21. The molecule has 0 saturated heterocycles. The van der Waals surface area contributed by atoms with Gasteiger partial charge in [-0.15, -0.1) is 0 Å². The van der Waals surface area contributed by atoms with Crippen molar-refractivity contribution < 1.29 is 9.53 Å². The van der Waals surface area contributed by atoms with Crippen molar-refractivity contribution in [3.05, 3.63) is 65.7 Å². The summed E-state index contributed by atoms with van der Waals surface area (Å²) in [5.41, 5.74) is 1.60. The molecule has 112 valence electrons. The molecule has 2 aromatic carbocycles. The number of carbonyl (C=O) groups is 1. The second-order valence-corrected chi connectivity index (χ2v) is 4.85. The Bertz CT molecular complexity index is 630. The second-order valence-electron chi connectivity index (χ2n) is 4.85. The molecule has 0 spiro atoms. The fourth-order valence-corrected chi connectivity index (χ4v) is 1.93. The largest absolute Gasteiger partial charge is 0.494 e. The van der Waals surface area contributed by atoms with Gasteiger partial charge in [0.15, 0.2) is 0 Å². The molecule has 1 N–H and O–H groups in total. The molecule has 4 nitrogen and oxygen atoms in total. The SMILES string of the molecule is N#Cc1ccc(CNC(=O)CCCOc2ccccc2)cc1. The minimum absolute atomic E-state index is 0.000946. The van der Waals surface area contributed by atoms with Crippen LogP contribution in [0.3, 0.4) is 0 Å². The zero-order chi connectivity index (χ0) is 15.6. The molecule has 0 aromatic heterocycles. The highest BCUT2D eigenvalue weighted by molar-refractivity contribution is 5.75. The van der Waals surface area contributed by atoms with E-state index in [1.165, 1.54) is 0 Å². The molecule has 22 heavy (non-hydrogen) atoms. The summed E-state index contributed by atoms with van der Waals surface area (Å²) < 4.78 is 5.53. The summed E-state index contributed by atoms with van der Waals surface area (Å²) in [7, 11) is 0. The van der Waals surface area contributed by atoms with Gasteiger partial charge in [-0.3, -0.25) is 4.79 Å². The van der Waals surface area contributed by atoms with Crippen LogP contribution < -0.4 is 10.1 Å². The van der Waals surface area contributed by atoms with Crippen LogP contribution >= 0.6 is 0 Å². The number of hydrogen-bond acceptors (Lipinski definition) is 3. The Kier molecular flexibility index (Phi) is 6.01. The number of carbonyl (C=O) groups excluding carboxylic acids is 1. The number of para-hydroxylation sites is 1. The standard InChI is InChI=1S/C18H18N2O2/c19-13-15-8-10-16(11-9-15)14-20-18(21)7-4-12-22-17-5-2-1-3-6-17/h1-3,5-6,8-11H,4,7,12,14H2,(H,20,21). The van der Waals surface area contributed by atoms with Crippen LogP contribution in [0.5, 0.6) is 5.75 Å². The molecule has 0 radical (unpaired) electrons. The van der Waals surface area contributed by atoms with Crippen LogP contribution in [0.15, 0.2) is 54.6 Å². The summed E-state index contributed by atoms with van der Waals surface area (Å²) in [6, 6.07) is 18.8. The van der Waals surface area contributed by atoms with Crippen molar-refractivity contribution in [1.29, 1.82) is 5.26 Å². The van der Waals surface area contributed by atoms with Gasteiger partial charge in [-0.1, -0.05) is 30.3 Å². The van der Waals surface area contributed by atoms with Gasteiger partial charge in [0.2, 0.25) is 5.91 Å². The third kappa shape index (κ3) is 5.29. The van der Waals surface area contributed by atoms with Crippen LogP contribution in [-0.2, 0) is 11.3 Å². The highest BCUT2D eigenvalue weighted by atomic mass is 16.5. The fraction of sp³-hybridized carbons (Fsp3) is 0.222. The number of nitriles is 1. The van der Waals surface area contributed by atoms with E-state index in [9.17, 15) is 4.79 Å². The van der Waals surface area contributed by atoms with Crippen LogP contribution in [0, 0.1) is 11.3 Å². The molecule has 0 aliphatic heterocycles. The van der Waals surface area contributed by atoms with E-state index in [4.69, 9.17) is 10.00 Å². The molecule has 0 heterocycles. The van der Waals surface area contributed by atoms with E-state index in [2.05, 4.69) is 11.4 Å². The first-order valence-electron chi connectivity index (χ1n) is 7.21. The van der Waals surface area contributed by atoms with E-state index in [1.54, 1.807) is 12.1 Å². The Morgan fingerprint density at radius 1 is 1.09 bits per heavy atom. The first kappa shape index (κ1) is 15.6. The van der Waals surface area contributed by atoms with Gasteiger partial charge in [0.1, 0.15) is 5.75 Å². The zero-order valence-electron chi connectivity index (χ0n) is 12.3. The Morgan fingerprint density at radius 2 is 1.82 bits per heavy atom. The van der Waals surface area contributed by atoms with Crippen LogP contribution in [0.2, 0.25) is 0 Å². The quantitative estimate of drug-likeness (QED) is 0.798. The van der Waals surface area contributed by atoms with Crippen LogP contribution in [0.1, 0.15) is 24.0 Å². The average molecular weight is 294 g/mol. The van der Waals surface area contributed by atoms with Gasteiger partial charge in [0, 0.05) is 13.0 Å². The number of ether oxygens (including phenoxy) is 1. The molecule has 1 amide bonds. The summed E-state index contributed by atoms with van der Waals surface area (Å²) in [5.74, 6) is 0.821. The predicted octanol–water partition coefficient (Wildman–Crippen LogP) is 3.03. The minimum Gasteiger partial charge on any atom is -0.494 e. The number of rotatable bonds is 7. The summed E-state index contributed by atoms with van der Waals surface area (Å²) >= 11 is 0. The van der Waals surface area contributed by atoms with Crippen molar-refractivity contribution >= 4 is 5.91 Å². The lowest BCUT2D eigenvalue weighted by molar-refractivity contribution is -0.121. The lowest BCUT2D eigenvalue weighted by Crippen LogP contribution is -2.22. The summed E-state index contributed by atoms with van der Waals surface area (Å²) in [6.07, 6.45) is 1.11. The maximum Gasteiger partial charge on any atom is 0.220 e. The molecule has 4 heteroatoms. The molecule has 2 aromatic rings. The van der Waals surface area contributed by atoms with E-state index in [0.717, 1.165) is 11.3 Å². The van der Waals surface area contributed by atoms with Gasteiger partial charge in [0.25, 0.3) is 0 Å². The van der Waals surface area contributed by atoms with E-state index in [1.807, 2.05) is 42.5 Å². The maximum absolute atomic E-state index is 11.7. The molecule has 0 unspecified atom stereocenters. The average Bonchev–Trinajstić information content (AvgIpc) is 2.58. The summed E-state index contributed by atoms with van der Waals surface area (Å²) in [4.78, 5) is 11.7. The van der Waals surface area contributed by atoms with Gasteiger partial charge in [0.05, 0.1) is 18.2 Å². The molecule has 0 aliphatic rings. The van der Waals surface area contributed by atoms with Crippen molar-refractivity contribution in [2.24, 2.45) is 0 Å². The lowest BCUT2D eigenvalue weighted by Gasteiger charge is -2.07.